The van der Waals surface area contributed by atoms with E-state index in [1.807, 2.05) is 56.3 Å². The first-order valence-electron chi connectivity index (χ1n) is 7.13. The van der Waals surface area contributed by atoms with E-state index in [0.29, 0.717) is 5.56 Å². The predicted molar refractivity (Wildman–Crippen MR) is 84.8 cm³/mol. The fourth-order valence-electron chi connectivity index (χ4n) is 2.35. The molecule has 0 aromatic heterocycles. The Balaban J connectivity index is 2.25. The number of aliphatic carboxylic acids is 1. The molecule has 2 aromatic rings. The number of benzene rings is 2. The van der Waals surface area contributed by atoms with E-state index in [4.69, 9.17) is 5.11 Å². The van der Waals surface area contributed by atoms with Crippen molar-refractivity contribution >= 4 is 11.9 Å². The zero-order chi connectivity index (χ0) is 16.1. The second-order valence-corrected chi connectivity index (χ2v) is 5.28. The second-order valence-electron chi connectivity index (χ2n) is 5.28. The minimum absolute atomic E-state index is 0.152. The monoisotopic (exact) mass is 297 g/mol. The first-order valence-corrected chi connectivity index (χ1v) is 7.13. The Hall–Kier alpha value is -2.62. The van der Waals surface area contributed by atoms with Crippen LogP contribution in [0, 0.1) is 13.8 Å². The van der Waals surface area contributed by atoms with Crippen LogP contribution in [-0.2, 0) is 4.79 Å². The number of carboxylic acids is 1. The Morgan fingerprint density at radius 1 is 1.05 bits per heavy atom. The molecule has 0 aliphatic heterocycles. The van der Waals surface area contributed by atoms with Crippen LogP contribution in [0.15, 0.2) is 48.5 Å². The van der Waals surface area contributed by atoms with Gasteiger partial charge in [0, 0.05) is 5.56 Å². The Bertz CT molecular complexity index is 680. The molecule has 2 rings (SSSR count). The summed E-state index contributed by atoms with van der Waals surface area (Å²) in [6, 6.07) is 14.1. The molecule has 1 atom stereocenters. The molecule has 0 saturated heterocycles. The highest BCUT2D eigenvalue weighted by atomic mass is 16.4. The maximum Gasteiger partial charge on any atom is 0.305 e. The summed E-state index contributed by atoms with van der Waals surface area (Å²) >= 11 is 0. The molecule has 0 bridgehead atoms. The van der Waals surface area contributed by atoms with E-state index in [-0.39, 0.29) is 12.3 Å². The van der Waals surface area contributed by atoms with Gasteiger partial charge in [-0.2, -0.15) is 0 Å². The smallest absolute Gasteiger partial charge is 0.305 e. The number of carbonyl (C=O) groups is 2. The highest BCUT2D eigenvalue weighted by Gasteiger charge is 2.19. The maximum absolute atomic E-state index is 12.5. The number of amides is 1. The van der Waals surface area contributed by atoms with Gasteiger partial charge < -0.3 is 10.4 Å². The zero-order valence-corrected chi connectivity index (χ0v) is 12.7. The lowest BCUT2D eigenvalue weighted by Crippen LogP contribution is -2.30. The summed E-state index contributed by atoms with van der Waals surface area (Å²) in [5.41, 5.74) is 3.29. The van der Waals surface area contributed by atoms with Crippen LogP contribution in [0.5, 0.6) is 0 Å². The minimum atomic E-state index is -0.949. The maximum atomic E-state index is 12.5. The third-order valence-electron chi connectivity index (χ3n) is 3.74. The molecule has 2 aromatic carbocycles. The van der Waals surface area contributed by atoms with Crippen LogP contribution in [0.3, 0.4) is 0 Å². The van der Waals surface area contributed by atoms with Gasteiger partial charge in [-0.05, 0) is 36.6 Å². The van der Waals surface area contributed by atoms with E-state index in [9.17, 15) is 9.59 Å². The third kappa shape index (κ3) is 3.73. The summed E-state index contributed by atoms with van der Waals surface area (Å²) in [5, 5.41) is 11.9. The molecule has 0 saturated carbocycles. The molecule has 1 amide bonds. The van der Waals surface area contributed by atoms with Gasteiger partial charge in [0.25, 0.3) is 5.91 Å². The largest absolute Gasteiger partial charge is 0.481 e. The lowest BCUT2D eigenvalue weighted by Gasteiger charge is -2.18. The first-order chi connectivity index (χ1) is 10.5. The van der Waals surface area contributed by atoms with Crippen LogP contribution >= 0.6 is 0 Å². The highest BCUT2D eigenvalue weighted by molar-refractivity contribution is 5.96. The van der Waals surface area contributed by atoms with Crippen molar-refractivity contribution in [3.8, 4) is 0 Å². The van der Waals surface area contributed by atoms with Crippen molar-refractivity contribution in [1.82, 2.24) is 5.32 Å². The normalized spacial score (nSPS) is 11.7. The standard InChI is InChI=1S/C18H19NO3/c1-12-7-6-10-15(13(12)2)18(22)19-16(11-17(20)21)14-8-4-3-5-9-14/h3-10,16H,11H2,1-2H3,(H,19,22)(H,20,21). The van der Waals surface area contributed by atoms with Gasteiger partial charge in [-0.3, -0.25) is 9.59 Å². The van der Waals surface area contributed by atoms with Crippen LogP contribution in [0.1, 0.15) is 39.5 Å². The van der Waals surface area contributed by atoms with Crippen molar-refractivity contribution < 1.29 is 14.7 Å². The SMILES string of the molecule is Cc1cccc(C(=O)NC(CC(=O)O)c2ccccc2)c1C. The summed E-state index contributed by atoms with van der Waals surface area (Å²) in [7, 11) is 0. The molecule has 0 spiro atoms. The van der Waals surface area contributed by atoms with Crippen LogP contribution < -0.4 is 5.32 Å². The van der Waals surface area contributed by atoms with Gasteiger partial charge >= 0.3 is 5.97 Å². The summed E-state index contributed by atoms with van der Waals surface area (Å²) in [6.45, 7) is 3.83. The van der Waals surface area contributed by atoms with Gasteiger partial charge in [0.15, 0.2) is 0 Å². The van der Waals surface area contributed by atoms with Crippen molar-refractivity contribution in [2.24, 2.45) is 0 Å². The van der Waals surface area contributed by atoms with Crippen LogP contribution in [0.4, 0.5) is 0 Å². The van der Waals surface area contributed by atoms with Gasteiger partial charge in [0.2, 0.25) is 0 Å². The molecule has 0 fully saturated rings. The van der Waals surface area contributed by atoms with Crippen LogP contribution in [0.25, 0.3) is 0 Å². The molecule has 0 radical (unpaired) electrons. The lowest BCUT2D eigenvalue weighted by atomic mass is 10.0. The van der Waals surface area contributed by atoms with E-state index in [1.54, 1.807) is 6.07 Å². The Labute approximate surface area is 129 Å². The van der Waals surface area contributed by atoms with Crippen molar-refractivity contribution in [1.29, 1.82) is 0 Å². The topological polar surface area (TPSA) is 66.4 Å². The average molecular weight is 297 g/mol. The predicted octanol–water partition coefficient (Wildman–Crippen LogP) is 3.25. The Morgan fingerprint density at radius 2 is 1.73 bits per heavy atom. The number of carboxylic acid groups (broad SMARTS) is 1. The molecule has 2 N–H and O–H groups in total. The fraction of sp³-hybridized carbons (Fsp3) is 0.222. The number of carbonyl (C=O) groups excluding carboxylic acids is 1. The number of nitrogens with one attached hydrogen (secondary N) is 1. The lowest BCUT2D eigenvalue weighted by molar-refractivity contribution is -0.137. The molecule has 114 valence electrons. The molecule has 0 heterocycles. The molecule has 1 unspecified atom stereocenters. The van der Waals surface area contributed by atoms with Gasteiger partial charge in [-0.15, -0.1) is 0 Å². The molecule has 0 aliphatic carbocycles. The van der Waals surface area contributed by atoms with E-state index < -0.39 is 12.0 Å². The quantitative estimate of drug-likeness (QED) is 0.890. The van der Waals surface area contributed by atoms with Gasteiger partial charge in [0.05, 0.1) is 12.5 Å². The summed E-state index contributed by atoms with van der Waals surface area (Å²) in [4.78, 5) is 23.5. The van der Waals surface area contributed by atoms with E-state index in [2.05, 4.69) is 5.32 Å². The third-order valence-corrected chi connectivity index (χ3v) is 3.74. The summed E-state index contributed by atoms with van der Waals surface area (Å²) < 4.78 is 0. The second kappa shape index (κ2) is 6.89. The number of rotatable bonds is 5. The van der Waals surface area contributed by atoms with E-state index in [1.165, 1.54) is 0 Å². The fourth-order valence-corrected chi connectivity index (χ4v) is 2.35. The molecule has 4 nitrogen and oxygen atoms in total. The summed E-state index contributed by atoms with van der Waals surface area (Å²) in [5.74, 6) is -1.20. The van der Waals surface area contributed by atoms with Gasteiger partial charge in [-0.25, -0.2) is 0 Å². The van der Waals surface area contributed by atoms with Crippen LogP contribution in [-0.4, -0.2) is 17.0 Å². The van der Waals surface area contributed by atoms with E-state index >= 15 is 0 Å². The van der Waals surface area contributed by atoms with Gasteiger partial charge in [-0.1, -0.05) is 42.5 Å². The van der Waals surface area contributed by atoms with Crippen molar-refractivity contribution in [3.05, 3.63) is 70.8 Å². The first kappa shape index (κ1) is 15.8. The number of hydrogen-bond acceptors (Lipinski definition) is 2. The number of aryl methyl sites for hydroxylation is 1. The Morgan fingerprint density at radius 3 is 2.36 bits per heavy atom. The molecular formula is C18H19NO3. The zero-order valence-electron chi connectivity index (χ0n) is 12.7. The highest BCUT2D eigenvalue weighted by Crippen LogP contribution is 2.19. The van der Waals surface area contributed by atoms with Gasteiger partial charge in [0.1, 0.15) is 0 Å². The number of hydrogen-bond donors (Lipinski definition) is 2. The Kier molecular flexibility index (Phi) is 4.94. The molecular weight excluding hydrogens is 278 g/mol. The van der Waals surface area contributed by atoms with Crippen molar-refractivity contribution in [3.63, 3.8) is 0 Å². The molecule has 4 heteroatoms. The molecule has 0 aliphatic rings. The van der Waals surface area contributed by atoms with E-state index in [0.717, 1.165) is 16.7 Å². The minimum Gasteiger partial charge on any atom is -0.481 e. The van der Waals surface area contributed by atoms with Crippen molar-refractivity contribution in [2.75, 3.05) is 0 Å². The average Bonchev–Trinajstić information content (AvgIpc) is 2.49. The van der Waals surface area contributed by atoms with Crippen molar-refractivity contribution in [2.45, 2.75) is 26.3 Å². The van der Waals surface area contributed by atoms with Crippen LogP contribution in [0.2, 0.25) is 0 Å². The summed E-state index contributed by atoms with van der Waals surface area (Å²) in [6.07, 6.45) is -0.152. The molecule has 22 heavy (non-hydrogen) atoms.